The lowest BCUT2D eigenvalue weighted by Gasteiger charge is -2.38. The predicted octanol–water partition coefficient (Wildman–Crippen LogP) is 2.65. The van der Waals surface area contributed by atoms with Crippen molar-refractivity contribution in [2.75, 3.05) is 25.1 Å². The van der Waals surface area contributed by atoms with E-state index in [1.807, 2.05) is 41.3 Å². The molecule has 0 radical (unpaired) electrons. The molecule has 0 amide bonds. The number of halogens is 1. The molecule has 26 heavy (non-hydrogen) atoms. The number of hydrogen-bond donors (Lipinski definition) is 0. The number of rotatable bonds is 3. The van der Waals surface area contributed by atoms with Gasteiger partial charge in [0.25, 0.3) is 0 Å². The van der Waals surface area contributed by atoms with Crippen molar-refractivity contribution in [2.45, 2.75) is 0 Å². The molecule has 0 unspecified atom stereocenters. The molecule has 0 N–H and O–H groups in total. The molecule has 0 aliphatic carbocycles. The van der Waals surface area contributed by atoms with Crippen molar-refractivity contribution in [3.05, 3.63) is 64.0 Å². The fourth-order valence-electron chi connectivity index (χ4n) is 3.22. The molecule has 132 valence electrons. The molecule has 0 atom stereocenters. The summed E-state index contributed by atoms with van der Waals surface area (Å²) in [7, 11) is 1.38. The van der Waals surface area contributed by atoms with Crippen LogP contribution in [0.2, 0.25) is 5.02 Å². The van der Waals surface area contributed by atoms with Crippen molar-refractivity contribution in [1.29, 1.82) is 0 Å². The van der Waals surface area contributed by atoms with Crippen molar-refractivity contribution in [2.24, 2.45) is 5.92 Å². The van der Waals surface area contributed by atoms with Gasteiger partial charge in [-0.1, -0.05) is 29.8 Å². The Balaban J connectivity index is 1.85. The fourth-order valence-corrected chi connectivity index (χ4v) is 3.38. The summed E-state index contributed by atoms with van der Waals surface area (Å²) in [4.78, 5) is 30.6. The lowest BCUT2D eigenvalue weighted by Crippen LogP contribution is -2.51. The van der Waals surface area contributed by atoms with E-state index >= 15 is 0 Å². The van der Waals surface area contributed by atoms with Gasteiger partial charge in [-0.25, -0.2) is 4.79 Å². The predicted molar refractivity (Wildman–Crippen MR) is 100 cm³/mol. The SMILES string of the molecule is COC(=O)C1CN(c2nc(=O)n(-c3ccccc3)c3cc(Cl)ccc23)C1. The molecule has 1 saturated heterocycles. The van der Waals surface area contributed by atoms with E-state index in [1.165, 1.54) is 7.11 Å². The first kappa shape index (κ1) is 16.6. The number of aromatic nitrogens is 2. The Labute approximate surface area is 154 Å². The highest BCUT2D eigenvalue weighted by Crippen LogP contribution is 2.31. The minimum absolute atomic E-state index is 0.194. The van der Waals surface area contributed by atoms with Crippen LogP contribution in [0.15, 0.2) is 53.3 Å². The minimum atomic E-state index is -0.387. The van der Waals surface area contributed by atoms with Crippen LogP contribution in [0, 0.1) is 5.92 Å². The lowest BCUT2D eigenvalue weighted by atomic mass is 10.00. The van der Waals surface area contributed by atoms with Gasteiger partial charge in [0.15, 0.2) is 0 Å². The second-order valence-electron chi connectivity index (χ2n) is 6.18. The Morgan fingerprint density at radius 2 is 1.92 bits per heavy atom. The van der Waals surface area contributed by atoms with Gasteiger partial charge in [0.2, 0.25) is 0 Å². The fraction of sp³-hybridized carbons (Fsp3) is 0.211. The largest absolute Gasteiger partial charge is 0.469 e. The molecule has 1 aliphatic rings. The van der Waals surface area contributed by atoms with Gasteiger partial charge in [0.05, 0.1) is 24.2 Å². The van der Waals surface area contributed by atoms with Crippen LogP contribution in [0.25, 0.3) is 16.6 Å². The van der Waals surface area contributed by atoms with Gasteiger partial charge in [-0.3, -0.25) is 9.36 Å². The molecule has 1 aromatic heterocycles. The molecule has 2 heterocycles. The first-order valence-electron chi connectivity index (χ1n) is 8.19. The van der Waals surface area contributed by atoms with Crippen LogP contribution >= 0.6 is 11.6 Å². The number of anilines is 1. The molecule has 1 aliphatic heterocycles. The number of esters is 1. The second-order valence-corrected chi connectivity index (χ2v) is 6.61. The van der Waals surface area contributed by atoms with E-state index in [4.69, 9.17) is 16.3 Å². The Morgan fingerprint density at radius 1 is 1.19 bits per heavy atom. The van der Waals surface area contributed by atoms with Gasteiger partial charge in [0.1, 0.15) is 5.82 Å². The Morgan fingerprint density at radius 3 is 2.62 bits per heavy atom. The van der Waals surface area contributed by atoms with Crippen LogP contribution in [0.4, 0.5) is 5.82 Å². The van der Waals surface area contributed by atoms with E-state index in [0.717, 1.165) is 11.1 Å². The van der Waals surface area contributed by atoms with E-state index in [0.29, 0.717) is 29.4 Å². The molecule has 3 aromatic rings. The number of fused-ring (bicyclic) bond motifs is 1. The van der Waals surface area contributed by atoms with Crippen LogP contribution in [-0.2, 0) is 9.53 Å². The summed E-state index contributed by atoms with van der Waals surface area (Å²) in [6.45, 7) is 0.957. The van der Waals surface area contributed by atoms with Crippen molar-refractivity contribution in [1.82, 2.24) is 9.55 Å². The van der Waals surface area contributed by atoms with Crippen LogP contribution in [0.1, 0.15) is 0 Å². The average Bonchev–Trinajstić information content (AvgIpc) is 2.60. The smallest absolute Gasteiger partial charge is 0.354 e. The highest BCUT2D eigenvalue weighted by molar-refractivity contribution is 6.31. The molecular weight excluding hydrogens is 354 g/mol. The normalized spacial score (nSPS) is 14.3. The standard InChI is InChI=1S/C19H16ClN3O3/c1-26-18(24)12-10-22(11-12)17-15-8-7-13(20)9-16(15)23(19(25)21-17)14-5-3-2-4-6-14/h2-9,12H,10-11H2,1H3. The number of carbonyl (C=O) groups is 1. The van der Waals surface area contributed by atoms with Crippen LogP contribution in [-0.4, -0.2) is 35.7 Å². The molecule has 0 spiro atoms. The molecule has 4 rings (SSSR count). The van der Waals surface area contributed by atoms with Gasteiger partial charge >= 0.3 is 11.7 Å². The quantitative estimate of drug-likeness (QED) is 0.664. The van der Waals surface area contributed by atoms with Gasteiger partial charge < -0.3 is 9.64 Å². The van der Waals surface area contributed by atoms with Crippen LogP contribution in [0.5, 0.6) is 0 Å². The zero-order chi connectivity index (χ0) is 18.3. The third-order valence-electron chi connectivity index (χ3n) is 4.56. The molecular formula is C19H16ClN3O3. The average molecular weight is 370 g/mol. The molecule has 0 bridgehead atoms. The molecule has 6 nitrogen and oxygen atoms in total. The van der Waals surface area contributed by atoms with Crippen molar-refractivity contribution in [3.8, 4) is 5.69 Å². The number of ether oxygens (including phenoxy) is 1. The van der Waals surface area contributed by atoms with E-state index in [-0.39, 0.29) is 17.6 Å². The number of carbonyl (C=O) groups excluding carboxylic acids is 1. The zero-order valence-corrected chi connectivity index (χ0v) is 14.8. The summed E-state index contributed by atoms with van der Waals surface area (Å²) in [6.07, 6.45) is 0. The van der Waals surface area contributed by atoms with Crippen molar-refractivity contribution < 1.29 is 9.53 Å². The Hall–Kier alpha value is -2.86. The van der Waals surface area contributed by atoms with E-state index in [9.17, 15) is 9.59 Å². The van der Waals surface area contributed by atoms with Crippen LogP contribution in [0.3, 0.4) is 0 Å². The third-order valence-corrected chi connectivity index (χ3v) is 4.80. The highest BCUT2D eigenvalue weighted by Gasteiger charge is 2.35. The second kappa shape index (κ2) is 6.46. The Kier molecular flexibility index (Phi) is 4.12. The van der Waals surface area contributed by atoms with E-state index in [2.05, 4.69) is 4.98 Å². The summed E-state index contributed by atoms with van der Waals surface area (Å²) in [5.74, 6) is 0.126. The van der Waals surface area contributed by atoms with Crippen LogP contribution < -0.4 is 10.6 Å². The lowest BCUT2D eigenvalue weighted by molar-refractivity contribution is -0.146. The number of methoxy groups -OCH3 is 1. The van der Waals surface area contributed by atoms with Gasteiger partial charge in [0, 0.05) is 23.5 Å². The summed E-state index contributed by atoms with van der Waals surface area (Å²) >= 11 is 6.18. The van der Waals surface area contributed by atoms with Gasteiger partial charge in [-0.15, -0.1) is 0 Å². The number of nitrogens with zero attached hydrogens (tertiary/aromatic N) is 3. The maximum Gasteiger partial charge on any atom is 0.354 e. The van der Waals surface area contributed by atoms with E-state index in [1.54, 1.807) is 16.7 Å². The maximum atomic E-state index is 12.8. The van der Waals surface area contributed by atoms with Crippen molar-refractivity contribution in [3.63, 3.8) is 0 Å². The molecule has 2 aromatic carbocycles. The molecule has 0 saturated carbocycles. The summed E-state index contributed by atoms with van der Waals surface area (Å²) in [5.41, 5.74) is 1.02. The number of para-hydroxylation sites is 1. The van der Waals surface area contributed by atoms with Gasteiger partial charge in [-0.05, 0) is 30.3 Å². The third kappa shape index (κ3) is 2.72. The number of hydrogen-bond acceptors (Lipinski definition) is 5. The van der Waals surface area contributed by atoms with Gasteiger partial charge in [-0.2, -0.15) is 4.98 Å². The summed E-state index contributed by atoms with van der Waals surface area (Å²) in [6, 6.07) is 14.7. The Bertz CT molecular complexity index is 1040. The minimum Gasteiger partial charge on any atom is -0.469 e. The molecule has 1 fully saturated rings. The van der Waals surface area contributed by atoms with Crippen molar-refractivity contribution >= 4 is 34.3 Å². The number of benzene rings is 2. The monoisotopic (exact) mass is 369 g/mol. The molecule has 7 heteroatoms. The first-order chi connectivity index (χ1) is 12.6. The summed E-state index contributed by atoms with van der Waals surface area (Å²) < 4.78 is 6.32. The maximum absolute atomic E-state index is 12.8. The summed E-state index contributed by atoms with van der Waals surface area (Å²) in [5, 5.41) is 1.34. The first-order valence-corrected chi connectivity index (χ1v) is 8.57. The zero-order valence-electron chi connectivity index (χ0n) is 14.1. The topological polar surface area (TPSA) is 64.4 Å². The van der Waals surface area contributed by atoms with E-state index < -0.39 is 0 Å². The highest BCUT2D eigenvalue weighted by atomic mass is 35.5.